The summed E-state index contributed by atoms with van der Waals surface area (Å²) in [5.41, 5.74) is 1.22. The summed E-state index contributed by atoms with van der Waals surface area (Å²) in [6, 6.07) is 6.60. The van der Waals surface area contributed by atoms with Crippen molar-refractivity contribution in [2.24, 2.45) is 5.92 Å². The Bertz CT molecular complexity index is 529. The number of aromatic carboxylic acids is 1. The largest absolute Gasteiger partial charge is 0.478 e. The third-order valence-electron chi connectivity index (χ3n) is 3.55. The maximum absolute atomic E-state index is 11.9. The van der Waals surface area contributed by atoms with Gasteiger partial charge in [0.1, 0.15) is 0 Å². The minimum atomic E-state index is -0.950. The molecule has 1 aromatic carbocycles. The zero-order valence-corrected chi connectivity index (χ0v) is 11.6. The normalized spacial score (nSPS) is 17.9. The lowest BCUT2D eigenvalue weighted by atomic mass is 9.98. The molecule has 0 saturated carbocycles. The summed E-state index contributed by atoms with van der Waals surface area (Å²) >= 11 is 0. The lowest BCUT2D eigenvalue weighted by molar-refractivity contribution is -0.128. The standard InChI is InChI=1S/C15H18N2O4/c18-13-6-5-12(9-17-13)14(19)16-8-7-10-1-3-11(4-2-10)15(20)21/h1-4,12H,5-9H2,(H,16,19)(H,17,18)(H,20,21). The second kappa shape index (κ2) is 6.88. The van der Waals surface area contributed by atoms with Gasteiger partial charge in [-0.3, -0.25) is 9.59 Å². The molecule has 0 aromatic heterocycles. The number of rotatable bonds is 5. The molecule has 1 unspecified atom stereocenters. The van der Waals surface area contributed by atoms with Gasteiger partial charge in [-0.25, -0.2) is 4.79 Å². The number of carboxylic acid groups (broad SMARTS) is 1. The highest BCUT2D eigenvalue weighted by atomic mass is 16.4. The van der Waals surface area contributed by atoms with Crippen molar-refractivity contribution in [2.45, 2.75) is 19.3 Å². The van der Waals surface area contributed by atoms with E-state index in [1.165, 1.54) is 0 Å². The van der Waals surface area contributed by atoms with Crippen molar-refractivity contribution in [1.82, 2.24) is 10.6 Å². The van der Waals surface area contributed by atoms with Gasteiger partial charge in [0.05, 0.1) is 11.5 Å². The summed E-state index contributed by atoms with van der Waals surface area (Å²) in [6.45, 7) is 0.897. The molecule has 0 bridgehead atoms. The number of carbonyl (C=O) groups excluding carboxylic acids is 2. The zero-order chi connectivity index (χ0) is 15.2. The average molecular weight is 290 g/mol. The molecule has 1 saturated heterocycles. The fraction of sp³-hybridized carbons (Fsp3) is 0.400. The molecule has 0 spiro atoms. The zero-order valence-electron chi connectivity index (χ0n) is 11.6. The molecule has 1 aromatic rings. The van der Waals surface area contributed by atoms with Crippen LogP contribution in [0.25, 0.3) is 0 Å². The SMILES string of the molecule is O=C1CCC(C(=O)NCCc2ccc(C(=O)O)cc2)CN1. The van der Waals surface area contributed by atoms with Crippen molar-refractivity contribution in [1.29, 1.82) is 0 Å². The first-order valence-corrected chi connectivity index (χ1v) is 6.93. The smallest absolute Gasteiger partial charge is 0.335 e. The third-order valence-corrected chi connectivity index (χ3v) is 3.55. The molecular formula is C15H18N2O4. The average Bonchev–Trinajstić information content (AvgIpc) is 2.48. The molecule has 1 atom stereocenters. The van der Waals surface area contributed by atoms with Crippen molar-refractivity contribution in [3.8, 4) is 0 Å². The fourth-order valence-corrected chi connectivity index (χ4v) is 2.24. The molecule has 1 fully saturated rings. The van der Waals surface area contributed by atoms with E-state index in [1.807, 2.05) is 0 Å². The maximum atomic E-state index is 11.9. The molecule has 0 aliphatic carbocycles. The van der Waals surface area contributed by atoms with Crippen LogP contribution in [-0.4, -0.2) is 36.0 Å². The number of carboxylic acids is 1. The number of piperidine rings is 1. The first-order chi connectivity index (χ1) is 10.1. The molecule has 0 radical (unpaired) electrons. The molecule has 112 valence electrons. The fourth-order valence-electron chi connectivity index (χ4n) is 2.24. The Morgan fingerprint density at radius 2 is 2.00 bits per heavy atom. The van der Waals surface area contributed by atoms with Gasteiger partial charge in [-0.1, -0.05) is 12.1 Å². The van der Waals surface area contributed by atoms with E-state index in [1.54, 1.807) is 24.3 Å². The van der Waals surface area contributed by atoms with Crippen molar-refractivity contribution >= 4 is 17.8 Å². The second-order valence-electron chi connectivity index (χ2n) is 5.08. The van der Waals surface area contributed by atoms with Gasteiger partial charge in [-0.15, -0.1) is 0 Å². The summed E-state index contributed by atoms with van der Waals surface area (Å²) in [5, 5.41) is 14.3. The summed E-state index contributed by atoms with van der Waals surface area (Å²) in [5.74, 6) is -1.15. The van der Waals surface area contributed by atoms with Crippen LogP contribution in [0.4, 0.5) is 0 Å². The maximum Gasteiger partial charge on any atom is 0.335 e. The van der Waals surface area contributed by atoms with Gasteiger partial charge in [0, 0.05) is 19.5 Å². The van der Waals surface area contributed by atoms with Crippen molar-refractivity contribution in [2.75, 3.05) is 13.1 Å². The van der Waals surface area contributed by atoms with Gasteiger partial charge >= 0.3 is 5.97 Å². The first kappa shape index (κ1) is 15.0. The van der Waals surface area contributed by atoms with Crippen molar-refractivity contribution < 1.29 is 19.5 Å². The quantitative estimate of drug-likeness (QED) is 0.738. The molecule has 6 nitrogen and oxygen atoms in total. The van der Waals surface area contributed by atoms with E-state index in [2.05, 4.69) is 10.6 Å². The van der Waals surface area contributed by atoms with E-state index in [0.717, 1.165) is 5.56 Å². The molecule has 1 aliphatic rings. The van der Waals surface area contributed by atoms with Crippen LogP contribution < -0.4 is 10.6 Å². The Kier molecular flexibility index (Phi) is 4.92. The van der Waals surface area contributed by atoms with Crippen LogP contribution in [0.5, 0.6) is 0 Å². The van der Waals surface area contributed by atoms with Crippen LogP contribution >= 0.6 is 0 Å². The highest BCUT2D eigenvalue weighted by Gasteiger charge is 2.23. The van der Waals surface area contributed by atoms with Crippen molar-refractivity contribution in [3.63, 3.8) is 0 Å². The number of amides is 2. The Labute approximate surface area is 122 Å². The molecule has 3 N–H and O–H groups in total. The minimum absolute atomic E-state index is 0.00225. The van der Waals surface area contributed by atoms with Crippen LogP contribution in [0, 0.1) is 5.92 Å². The summed E-state index contributed by atoms with van der Waals surface area (Å²) in [4.78, 5) is 33.6. The Morgan fingerprint density at radius 3 is 2.57 bits per heavy atom. The molecular weight excluding hydrogens is 272 g/mol. The van der Waals surface area contributed by atoms with E-state index in [0.29, 0.717) is 32.4 Å². The molecule has 6 heteroatoms. The predicted octanol–water partition coefficient (Wildman–Crippen LogP) is 0.570. The van der Waals surface area contributed by atoms with E-state index in [4.69, 9.17) is 5.11 Å². The van der Waals surface area contributed by atoms with Crippen LogP contribution in [0.3, 0.4) is 0 Å². The Hall–Kier alpha value is -2.37. The number of benzene rings is 1. The first-order valence-electron chi connectivity index (χ1n) is 6.93. The Balaban J connectivity index is 1.74. The second-order valence-corrected chi connectivity index (χ2v) is 5.08. The van der Waals surface area contributed by atoms with Gasteiger partial charge in [0.15, 0.2) is 0 Å². The van der Waals surface area contributed by atoms with Crippen LogP contribution in [0.2, 0.25) is 0 Å². The van der Waals surface area contributed by atoms with Crippen LogP contribution in [0.15, 0.2) is 24.3 Å². The van der Waals surface area contributed by atoms with Gasteiger partial charge < -0.3 is 15.7 Å². The highest BCUT2D eigenvalue weighted by Crippen LogP contribution is 2.11. The number of nitrogens with one attached hydrogen (secondary N) is 2. The molecule has 1 heterocycles. The topological polar surface area (TPSA) is 95.5 Å². The van der Waals surface area contributed by atoms with Crippen LogP contribution in [0.1, 0.15) is 28.8 Å². The minimum Gasteiger partial charge on any atom is -0.478 e. The highest BCUT2D eigenvalue weighted by molar-refractivity contribution is 5.87. The van der Waals surface area contributed by atoms with E-state index < -0.39 is 5.97 Å². The lowest BCUT2D eigenvalue weighted by Crippen LogP contribution is -2.43. The monoisotopic (exact) mass is 290 g/mol. The summed E-state index contributed by atoms with van der Waals surface area (Å²) < 4.78 is 0. The number of hydrogen-bond acceptors (Lipinski definition) is 3. The van der Waals surface area contributed by atoms with E-state index >= 15 is 0 Å². The molecule has 2 rings (SSSR count). The molecule has 21 heavy (non-hydrogen) atoms. The summed E-state index contributed by atoms with van der Waals surface area (Å²) in [6.07, 6.45) is 1.63. The van der Waals surface area contributed by atoms with Gasteiger partial charge in [0.25, 0.3) is 0 Å². The van der Waals surface area contributed by atoms with Gasteiger partial charge in [-0.05, 0) is 30.5 Å². The lowest BCUT2D eigenvalue weighted by Gasteiger charge is -2.21. The summed E-state index contributed by atoms with van der Waals surface area (Å²) in [7, 11) is 0. The van der Waals surface area contributed by atoms with Crippen LogP contribution in [-0.2, 0) is 16.0 Å². The number of hydrogen-bond donors (Lipinski definition) is 3. The molecule has 1 aliphatic heterocycles. The van der Waals surface area contributed by atoms with Gasteiger partial charge in [0.2, 0.25) is 11.8 Å². The number of carbonyl (C=O) groups is 3. The van der Waals surface area contributed by atoms with Crippen molar-refractivity contribution in [3.05, 3.63) is 35.4 Å². The van der Waals surface area contributed by atoms with Gasteiger partial charge in [-0.2, -0.15) is 0 Å². The third kappa shape index (κ3) is 4.30. The predicted molar refractivity (Wildman–Crippen MR) is 75.8 cm³/mol. The van der Waals surface area contributed by atoms with E-state index in [9.17, 15) is 14.4 Å². The Morgan fingerprint density at radius 1 is 1.29 bits per heavy atom. The molecule has 2 amide bonds. The van der Waals surface area contributed by atoms with E-state index in [-0.39, 0.29) is 23.3 Å².